The Morgan fingerprint density at radius 2 is 2.12 bits per heavy atom. The van der Waals surface area contributed by atoms with Crippen LogP contribution in [0.3, 0.4) is 0 Å². The van der Waals surface area contributed by atoms with Crippen molar-refractivity contribution in [3.8, 4) is 0 Å². The molecular weight excluding hydrogens is 455 g/mol. The van der Waals surface area contributed by atoms with Gasteiger partial charge in [-0.05, 0) is 65.4 Å². The number of hydrogen-bond acceptors (Lipinski definition) is 6. The van der Waals surface area contributed by atoms with Crippen LogP contribution in [0, 0.1) is 10.5 Å². The highest BCUT2D eigenvalue weighted by atomic mass is 127. The molecule has 0 N–H and O–H groups in total. The van der Waals surface area contributed by atoms with Crippen molar-refractivity contribution in [1.29, 1.82) is 0 Å². The SMILES string of the molecule is Cc1cc(I)ccc1N1C(=O)C[C@@H](Sc2ncccc2C(=O)[O-])C1=O. The van der Waals surface area contributed by atoms with Crippen molar-refractivity contribution in [2.24, 2.45) is 0 Å². The van der Waals surface area contributed by atoms with Gasteiger partial charge >= 0.3 is 0 Å². The Morgan fingerprint density at radius 1 is 1.36 bits per heavy atom. The fraction of sp³-hybridized carbons (Fsp3) is 0.176. The summed E-state index contributed by atoms with van der Waals surface area (Å²) in [4.78, 5) is 41.5. The molecule has 0 aliphatic carbocycles. The predicted molar refractivity (Wildman–Crippen MR) is 99.2 cm³/mol. The van der Waals surface area contributed by atoms with E-state index in [0.717, 1.165) is 20.9 Å². The van der Waals surface area contributed by atoms with Gasteiger partial charge in [-0.3, -0.25) is 9.59 Å². The largest absolute Gasteiger partial charge is 0.545 e. The lowest BCUT2D eigenvalue weighted by atomic mass is 10.2. The quantitative estimate of drug-likeness (QED) is 0.503. The molecule has 6 nitrogen and oxygen atoms in total. The predicted octanol–water partition coefficient (Wildman–Crippen LogP) is 1.78. The summed E-state index contributed by atoms with van der Waals surface area (Å²) in [5.74, 6) is -2.04. The first kappa shape index (κ1) is 17.9. The highest BCUT2D eigenvalue weighted by molar-refractivity contribution is 14.1. The molecule has 25 heavy (non-hydrogen) atoms. The molecule has 1 saturated heterocycles. The molecular formula is C17H12IN2O4S-. The highest BCUT2D eigenvalue weighted by Gasteiger charge is 2.41. The van der Waals surface area contributed by atoms with Crippen molar-refractivity contribution in [3.63, 3.8) is 0 Å². The molecule has 8 heteroatoms. The van der Waals surface area contributed by atoms with E-state index in [1.165, 1.54) is 23.2 Å². The molecule has 1 aliphatic heterocycles. The third-order valence-electron chi connectivity index (χ3n) is 3.75. The maximum atomic E-state index is 12.7. The van der Waals surface area contributed by atoms with Gasteiger partial charge in [-0.1, -0.05) is 11.8 Å². The monoisotopic (exact) mass is 467 g/mol. The summed E-state index contributed by atoms with van der Waals surface area (Å²) >= 11 is 3.14. The number of thioether (sulfide) groups is 1. The molecule has 1 fully saturated rings. The third-order valence-corrected chi connectivity index (χ3v) is 5.62. The number of imide groups is 1. The molecule has 0 spiro atoms. The smallest absolute Gasteiger partial charge is 0.247 e. The summed E-state index contributed by atoms with van der Waals surface area (Å²) in [6, 6.07) is 8.32. The van der Waals surface area contributed by atoms with Crippen LogP contribution >= 0.6 is 34.4 Å². The summed E-state index contributed by atoms with van der Waals surface area (Å²) in [5.41, 5.74) is 1.30. The van der Waals surface area contributed by atoms with Gasteiger partial charge in [0.05, 0.1) is 16.9 Å². The maximum Gasteiger partial charge on any atom is 0.247 e. The Morgan fingerprint density at radius 3 is 2.80 bits per heavy atom. The van der Waals surface area contributed by atoms with E-state index < -0.39 is 11.2 Å². The van der Waals surface area contributed by atoms with E-state index in [1.54, 1.807) is 6.07 Å². The molecule has 1 aromatic carbocycles. The van der Waals surface area contributed by atoms with Crippen LogP contribution in [0.2, 0.25) is 0 Å². The summed E-state index contributed by atoms with van der Waals surface area (Å²) in [6.45, 7) is 1.84. The second-order valence-corrected chi connectivity index (χ2v) is 7.89. The minimum atomic E-state index is -1.36. The lowest BCUT2D eigenvalue weighted by Gasteiger charge is -2.18. The standard InChI is InChI=1S/C17H13IN2O4S/c1-9-7-10(18)4-5-12(9)20-14(21)8-13(16(20)22)25-15-11(17(23)24)3-2-6-19-15/h2-7,13H,8H2,1H3,(H,23,24)/p-1/t13-/m1/s1. The van der Waals surface area contributed by atoms with Crippen molar-refractivity contribution in [3.05, 3.63) is 51.2 Å². The van der Waals surface area contributed by atoms with Crippen LogP contribution in [0.4, 0.5) is 5.69 Å². The van der Waals surface area contributed by atoms with E-state index in [-0.39, 0.29) is 28.8 Å². The number of carbonyl (C=O) groups is 3. The van der Waals surface area contributed by atoms with Crippen LogP contribution < -0.4 is 10.0 Å². The number of carboxylic acid groups (broad SMARTS) is 1. The van der Waals surface area contributed by atoms with Crippen molar-refractivity contribution in [2.45, 2.75) is 23.6 Å². The first-order chi connectivity index (χ1) is 11.9. The van der Waals surface area contributed by atoms with Crippen molar-refractivity contribution >= 4 is 57.8 Å². The molecule has 2 heterocycles. The van der Waals surface area contributed by atoms with E-state index >= 15 is 0 Å². The molecule has 1 atom stereocenters. The van der Waals surface area contributed by atoms with Crippen LogP contribution in [0.1, 0.15) is 22.3 Å². The fourth-order valence-corrected chi connectivity index (χ4v) is 4.34. The molecule has 0 bridgehead atoms. The van der Waals surface area contributed by atoms with E-state index in [4.69, 9.17) is 0 Å². The molecule has 2 aromatic rings. The van der Waals surface area contributed by atoms with E-state index in [1.807, 2.05) is 19.1 Å². The fourth-order valence-electron chi connectivity index (χ4n) is 2.59. The average Bonchev–Trinajstić information content (AvgIpc) is 2.82. The van der Waals surface area contributed by atoms with E-state index in [2.05, 4.69) is 27.6 Å². The zero-order valence-corrected chi connectivity index (χ0v) is 16.0. The molecule has 128 valence electrons. The number of aromatic nitrogens is 1. The minimum Gasteiger partial charge on any atom is -0.545 e. The Hall–Kier alpha value is -1.94. The molecule has 1 aliphatic rings. The lowest BCUT2D eigenvalue weighted by molar-refractivity contribution is -0.255. The normalized spacial score (nSPS) is 17.2. The van der Waals surface area contributed by atoms with Crippen LogP contribution in [-0.2, 0) is 9.59 Å². The third kappa shape index (κ3) is 3.54. The Balaban J connectivity index is 1.88. The first-order valence-corrected chi connectivity index (χ1v) is 9.30. The number of carbonyl (C=O) groups excluding carboxylic acids is 3. The van der Waals surface area contributed by atoms with Gasteiger partial charge in [0.25, 0.3) is 0 Å². The number of amides is 2. The number of carboxylic acids is 1. The van der Waals surface area contributed by atoms with Crippen LogP contribution in [0.15, 0.2) is 41.6 Å². The number of halogens is 1. The Bertz CT molecular complexity index is 887. The second-order valence-electron chi connectivity index (χ2n) is 5.45. The van der Waals surface area contributed by atoms with Crippen molar-refractivity contribution in [2.75, 3.05) is 4.90 Å². The summed E-state index contributed by atoms with van der Waals surface area (Å²) in [6.07, 6.45) is 1.44. The second kappa shape index (κ2) is 7.12. The lowest BCUT2D eigenvalue weighted by Crippen LogP contribution is -2.32. The van der Waals surface area contributed by atoms with Gasteiger partial charge < -0.3 is 9.90 Å². The zero-order valence-electron chi connectivity index (χ0n) is 13.1. The van der Waals surface area contributed by atoms with Crippen LogP contribution in [0.25, 0.3) is 0 Å². The van der Waals surface area contributed by atoms with Gasteiger partial charge in [0.2, 0.25) is 11.8 Å². The van der Waals surface area contributed by atoms with Gasteiger partial charge in [0, 0.05) is 21.8 Å². The molecule has 1 aromatic heterocycles. The summed E-state index contributed by atoms with van der Waals surface area (Å²) in [7, 11) is 0. The van der Waals surface area contributed by atoms with Crippen LogP contribution in [0.5, 0.6) is 0 Å². The topological polar surface area (TPSA) is 90.4 Å². The Labute approximate surface area is 161 Å². The van der Waals surface area contributed by atoms with Gasteiger partial charge in [0.15, 0.2) is 0 Å². The van der Waals surface area contributed by atoms with Gasteiger partial charge in [-0.25, -0.2) is 9.88 Å². The number of benzene rings is 1. The molecule has 2 amide bonds. The average molecular weight is 467 g/mol. The van der Waals surface area contributed by atoms with Gasteiger partial charge in [-0.2, -0.15) is 0 Å². The minimum absolute atomic E-state index is 0.00200. The van der Waals surface area contributed by atoms with E-state index in [9.17, 15) is 19.5 Å². The zero-order chi connectivity index (χ0) is 18.1. The van der Waals surface area contributed by atoms with Crippen LogP contribution in [-0.4, -0.2) is 28.0 Å². The summed E-state index contributed by atoms with van der Waals surface area (Å²) in [5, 5.41) is 10.6. The summed E-state index contributed by atoms with van der Waals surface area (Å²) < 4.78 is 1.01. The molecule has 0 unspecified atom stereocenters. The number of aromatic carboxylic acids is 1. The van der Waals surface area contributed by atoms with Gasteiger partial charge in [-0.15, -0.1) is 0 Å². The van der Waals surface area contributed by atoms with Gasteiger partial charge in [0.1, 0.15) is 5.03 Å². The molecule has 0 radical (unpaired) electrons. The molecule has 3 rings (SSSR count). The number of rotatable bonds is 4. The van der Waals surface area contributed by atoms with E-state index in [0.29, 0.717) is 5.69 Å². The number of hydrogen-bond donors (Lipinski definition) is 0. The number of anilines is 1. The van der Waals surface area contributed by atoms with Crippen molar-refractivity contribution < 1.29 is 19.5 Å². The molecule has 0 saturated carbocycles. The number of aryl methyl sites for hydroxylation is 1. The highest BCUT2D eigenvalue weighted by Crippen LogP contribution is 2.35. The maximum absolute atomic E-state index is 12.7. The first-order valence-electron chi connectivity index (χ1n) is 7.34. The number of nitrogens with zero attached hydrogens (tertiary/aromatic N) is 2. The number of pyridine rings is 1. The Kier molecular flexibility index (Phi) is 5.09. The van der Waals surface area contributed by atoms with Crippen molar-refractivity contribution in [1.82, 2.24) is 4.98 Å².